The van der Waals surface area contributed by atoms with E-state index in [1.54, 1.807) is 0 Å². The van der Waals surface area contributed by atoms with Crippen molar-refractivity contribution in [1.29, 1.82) is 0 Å². The second-order valence-electron chi connectivity index (χ2n) is 4.31. The molecular weight excluding hydrogens is 295 g/mol. The molecule has 7 heteroatoms. The van der Waals surface area contributed by atoms with E-state index in [2.05, 4.69) is 11.1 Å². The van der Waals surface area contributed by atoms with Crippen LogP contribution in [0.25, 0.3) is 0 Å². The Kier molecular flexibility index (Phi) is 16.4. The average Bonchev–Trinajstić information content (AvgIpc) is 2.27. The Morgan fingerprint density at radius 1 is 1.11 bits per heavy atom. The fraction of sp³-hybridized carbons (Fsp3) is 0.917. The topological polar surface area (TPSA) is 80.7 Å². The zero-order chi connectivity index (χ0) is 13.9. The molecule has 0 rings (SSSR count). The molecule has 0 aliphatic heterocycles. The van der Waals surface area contributed by atoms with Gasteiger partial charge < -0.3 is 10.7 Å². The molecule has 0 unspecified atom stereocenters. The average molecular weight is 320 g/mol. The SMILES string of the molecule is CCCCCCCCCC(=O)OS(=O)(=O)CCO.[H-].[K+]. The van der Waals surface area contributed by atoms with Gasteiger partial charge in [-0.05, 0) is 6.42 Å². The molecule has 0 bridgehead atoms. The monoisotopic (exact) mass is 320 g/mol. The molecule has 0 aliphatic rings. The molecule has 19 heavy (non-hydrogen) atoms. The number of aliphatic hydroxyl groups excluding tert-OH is 1. The van der Waals surface area contributed by atoms with Gasteiger partial charge >= 0.3 is 67.5 Å². The number of carbonyl (C=O) groups is 1. The summed E-state index contributed by atoms with van der Waals surface area (Å²) in [6.45, 7) is 1.62. The summed E-state index contributed by atoms with van der Waals surface area (Å²) in [5.41, 5.74) is 0. The fourth-order valence-corrected chi connectivity index (χ4v) is 2.24. The molecule has 0 aromatic heterocycles. The summed E-state index contributed by atoms with van der Waals surface area (Å²) < 4.78 is 26.4. The Morgan fingerprint density at radius 2 is 1.63 bits per heavy atom. The molecule has 1 N–H and O–H groups in total. The van der Waals surface area contributed by atoms with Crippen LogP contribution < -0.4 is 51.4 Å². The van der Waals surface area contributed by atoms with E-state index < -0.39 is 28.4 Å². The first-order valence-corrected chi connectivity index (χ1v) is 8.15. The van der Waals surface area contributed by atoms with Gasteiger partial charge in [-0.25, -0.2) is 0 Å². The molecule has 0 aromatic carbocycles. The fourth-order valence-electron chi connectivity index (χ4n) is 1.56. The number of carbonyl (C=O) groups excluding carboxylic acids is 1. The standard InChI is InChI=1S/C12H24O5S.K.H/c1-2-3-4-5-6-7-8-9-12(14)17-18(15,16)11-10-13;;/h13H,2-11H2,1H3;;/q;+1;-1. The van der Waals surface area contributed by atoms with E-state index in [1.165, 1.54) is 19.3 Å². The van der Waals surface area contributed by atoms with Gasteiger partial charge in [-0.1, -0.05) is 45.4 Å². The third-order valence-electron chi connectivity index (χ3n) is 2.55. The molecule has 0 fully saturated rings. The third kappa shape index (κ3) is 15.2. The molecule has 0 heterocycles. The van der Waals surface area contributed by atoms with Crippen LogP contribution >= 0.6 is 0 Å². The zero-order valence-electron chi connectivity index (χ0n) is 13.1. The Hall–Kier alpha value is 1.02. The molecule has 110 valence electrons. The van der Waals surface area contributed by atoms with Crippen molar-refractivity contribution in [2.45, 2.75) is 58.3 Å². The molecule has 0 spiro atoms. The summed E-state index contributed by atoms with van der Waals surface area (Å²) >= 11 is 0. The quantitative estimate of drug-likeness (QED) is 0.303. The van der Waals surface area contributed by atoms with Crippen LogP contribution in [-0.4, -0.2) is 31.9 Å². The van der Waals surface area contributed by atoms with Crippen LogP contribution in [0, 0.1) is 0 Å². The Morgan fingerprint density at radius 3 is 2.16 bits per heavy atom. The Balaban J connectivity index is -0.00000144. The predicted octanol–water partition coefficient (Wildman–Crippen LogP) is -0.891. The summed E-state index contributed by atoms with van der Waals surface area (Å²) in [7, 11) is -3.89. The van der Waals surface area contributed by atoms with Gasteiger partial charge in [0.15, 0.2) is 0 Å². The van der Waals surface area contributed by atoms with Crippen molar-refractivity contribution in [3.05, 3.63) is 0 Å². The molecule has 0 radical (unpaired) electrons. The second-order valence-corrected chi connectivity index (χ2v) is 6.00. The van der Waals surface area contributed by atoms with E-state index in [1.807, 2.05) is 0 Å². The van der Waals surface area contributed by atoms with Gasteiger partial charge in [0, 0.05) is 6.42 Å². The van der Waals surface area contributed by atoms with Crippen molar-refractivity contribution in [2.24, 2.45) is 0 Å². The molecule has 5 nitrogen and oxygen atoms in total. The van der Waals surface area contributed by atoms with E-state index in [4.69, 9.17) is 5.11 Å². The van der Waals surface area contributed by atoms with Crippen LogP contribution in [-0.2, 0) is 19.1 Å². The van der Waals surface area contributed by atoms with Crippen LogP contribution in [0.2, 0.25) is 0 Å². The van der Waals surface area contributed by atoms with Crippen molar-refractivity contribution >= 4 is 16.1 Å². The van der Waals surface area contributed by atoms with Crippen LogP contribution in [0.1, 0.15) is 59.7 Å². The Bertz CT molecular complexity index is 322. The molecule has 0 aromatic rings. The van der Waals surface area contributed by atoms with Crippen molar-refractivity contribution in [3.8, 4) is 0 Å². The smallest absolute Gasteiger partial charge is 1.00 e. The van der Waals surface area contributed by atoms with E-state index in [0.29, 0.717) is 6.42 Å². The number of unbranched alkanes of at least 4 members (excludes halogenated alkanes) is 6. The van der Waals surface area contributed by atoms with Gasteiger partial charge in [-0.2, -0.15) is 8.42 Å². The molecule has 0 atom stereocenters. The number of hydrogen-bond acceptors (Lipinski definition) is 5. The van der Waals surface area contributed by atoms with E-state index in [-0.39, 0.29) is 59.2 Å². The largest absolute Gasteiger partial charge is 1.00 e. The van der Waals surface area contributed by atoms with Crippen molar-refractivity contribution in [3.63, 3.8) is 0 Å². The van der Waals surface area contributed by atoms with Gasteiger partial charge in [0.1, 0.15) is 5.75 Å². The number of aliphatic hydroxyl groups is 1. The summed E-state index contributed by atoms with van der Waals surface area (Å²) in [5, 5.41) is 8.46. The van der Waals surface area contributed by atoms with Crippen molar-refractivity contribution in [1.82, 2.24) is 0 Å². The summed E-state index contributed by atoms with van der Waals surface area (Å²) in [6.07, 6.45) is 7.57. The normalized spacial score (nSPS) is 10.8. The van der Waals surface area contributed by atoms with Gasteiger partial charge in [0.05, 0.1) is 6.61 Å². The molecule has 0 saturated heterocycles. The molecular formula is C12H25KO5S. The zero-order valence-corrected chi connectivity index (χ0v) is 16.0. The van der Waals surface area contributed by atoms with Gasteiger partial charge in [0.2, 0.25) is 0 Å². The van der Waals surface area contributed by atoms with E-state index >= 15 is 0 Å². The minimum atomic E-state index is -3.89. The van der Waals surface area contributed by atoms with Crippen LogP contribution in [0.15, 0.2) is 0 Å². The third-order valence-corrected chi connectivity index (χ3v) is 3.67. The second kappa shape index (κ2) is 14.0. The summed E-state index contributed by atoms with van der Waals surface area (Å²) in [4.78, 5) is 11.2. The maximum Gasteiger partial charge on any atom is 1.00 e. The van der Waals surface area contributed by atoms with E-state index in [9.17, 15) is 13.2 Å². The van der Waals surface area contributed by atoms with Crippen LogP contribution in [0.3, 0.4) is 0 Å². The maximum absolute atomic E-state index is 11.2. The van der Waals surface area contributed by atoms with E-state index in [0.717, 1.165) is 19.3 Å². The van der Waals surface area contributed by atoms with Crippen LogP contribution in [0.5, 0.6) is 0 Å². The first-order valence-electron chi connectivity index (χ1n) is 6.57. The maximum atomic E-state index is 11.2. The predicted molar refractivity (Wildman–Crippen MR) is 70.7 cm³/mol. The van der Waals surface area contributed by atoms with Crippen molar-refractivity contribution < 1.29 is 75.3 Å². The molecule has 0 aliphatic carbocycles. The Labute approximate surface area is 160 Å². The number of rotatable bonds is 11. The summed E-state index contributed by atoms with van der Waals surface area (Å²) in [6, 6.07) is 0. The van der Waals surface area contributed by atoms with Gasteiger partial charge in [-0.3, -0.25) is 4.79 Å². The first kappa shape index (κ1) is 22.3. The first-order chi connectivity index (χ1) is 8.52. The minimum Gasteiger partial charge on any atom is -1.00 e. The summed E-state index contributed by atoms with van der Waals surface area (Å²) in [5.74, 6) is -1.26. The molecule has 0 amide bonds. The van der Waals surface area contributed by atoms with Gasteiger partial charge in [-0.15, -0.1) is 0 Å². The molecule has 0 saturated carbocycles. The van der Waals surface area contributed by atoms with Crippen molar-refractivity contribution in [2.75, 3.05) is 12.4 Å². The number of hydrogen-bond donors (Lipinski definition) is 1. The van der Waals surface area contributed by atoms with Gasteiger partial charge in [0.25, 0.3) is 0 Å². The minimum absolute atomic E-state index is 0. The van der Waals surface area contributed by atoms with Crippen LogP contribution in [0.4, 0.5) is 0 Å².